The van der Waals surface area contributed by atoms with E-state index in [2.05, 4.69) is 28.3 Å². The first-order chi connectivity index (χ1) is 10.6. The van der Waals surface area contributed by atoms with Crippen LogP contribution in [-0.2, 0) is 13.6 Å². The molecule has 5 nitrogen and oxygen atoms in total. The van der Waals surface area contributed by atoms with Crippen molar-refractivity contribution in [1.29, 1.82) is 0 Å². The Hall–Kier alpha value is -2.08. The molecule has 0 radical (unpaired) electrons. The number of aromatic nitrogens is 5. The molecule has 0 amide bonds. The lowest BCUT2D eigenvalue weighted by Crippen LogP contribution is -2.05. The third kappa shape index (κ3) is 3.06. The quantitative estimate of drug-likeness (QED) is 0.679. The van der Waals surface area contributed by atoms with Gasteiger partial charge in [0.05, 0.1) is 12.2 Å². The number of rotatable bonds is 5. The average molecular weight is 313 g/mol. The molecule has 0 saturated heterocycles. The fraction of sp³-hybridized carbons (Fsp3) is 0.312. The van der Waals surface area contributed by atoms with Crippen LogP contribution in [0.25, 0.3) is 11.4 Å². The van der Waals surface area contributed by atoms with Gasteiger partial charge in [0, 0.05) is 24.1 Å². The minimum Gasteiger partial charge on any atom is -0.305 e. The minimum atomic E-state index is 0.873. The third-order valence-corrected chi connectivity index (χ3v) is 4.50. The molecule has 0 fully saturated rings. The second-order valence-corrected chi connectivity index (χ2v) is 6.29. The van der Waals surface area contributed by atoms with Crippen molar-refractivity contribution >= 4 is 11.8 Å². The number of benzene rings is 1. The molecule has 3 aromatic rings. The van der Waals surface area contributed by atoms with E-state index >= 15 is 0 Å². The lowest BCUT2D eigenvalue weighted by atomic mass is 10.2. The van der Waals surface area contributed by atoms with E-state index in [4.69, 9.17) is 0 Å². The second-order valence-electron chi connectivity index (χ2n) is 5.23. The molecule has 2 aromatic heterocycles. The highest BCUT2D eigenvalue weighted by atomic mass is 32.2. The van der Waals surface area contributed by atoms with Crippen molar-refractivity contribution in [1.82, 2.24) is 24.5 Å². The van der Waals surface area contributed by atoms with Crippen molar-refractivity contribution in [3.63, 3.8) is 0 Å². The number of nitrogens with zero attached hydrogens (tertiary/aromatic N) is 5. The van der Waals surface area contributed by atoms with Crippen molar-refractivity contribution in [2.75, 3.05) is 5.75 Å². The predicted molar refractivity (Wildman–Crippen MR) is 88.9 cm³/mol. The summed E-state index contributed by atoms with van der Waals surface area (Å²) < 4.78 is 4.08. The molecular weight excluding hydrogens is 294 g/mol. The number of hydrogen-bond donors (Lipinski definition) is 0. The molecule has 0 spiro atoms. The summed E-state index contributed by atoms with van der Waals surface area (Å²) in [6, 6.07) is 12.2. The lowest BCUT2D eigenvalue weighted by Gasteiger charge is -2.05. The molecule has 0 aliphatic rings. The Labute approximate surface area is 134 Å². The first-order valence-corrected chi connectivity index (χ1v) is 8.22. The summed E-state index contributed by atoms with van der Waals surface area (Å²) in [6.07, 6.45) is 0. The van der Waals surface area contributed by atoms with Crippen molar-refractivity contribution in [2.24, 2.45) is 7.05 Å². The van der Waals surface area contributed by atoms with E-state index in [9.17, 15) is 0 Å². The van der Waals surface area contributed by atoms with Gasteiger partial charge in [0.1, 0.15) is 0 Å². The zero-order chi connectivity index (χ0) is 15.5. The summed E-state index contributed by atoms with van der Waals surface area (Å²) >= 11 is 1.70. The van der Waals surface area contributed by atoms with Crippen molar-refractivity contribution in [3.05, 3.63) is 47.8 Å². The molecule has 1 aromatic carbocycles. The van der Waals surface area contributed by atoms with Gasteiger partial charge in [-0.15, -0.1) is 10.2 Å². The fourth-order valence-electron chi connectivity index (χ4n) is 2.40. The molecule has 0 saturated carbocycles. The molecule has 0 N–H and O–H groups in total. The Balaban J connectivity index is 1.67. The van der Waals surface area contributed by atoms with E-state index < -0.39 is 0 Å². The minimum absolute atomic E-state index is 0.873. The topological polar surface area (TPSA) is 48.5 Å². The molecule has 0 aliphatic carbocycles. The normalized spacial score (nSPS) is 11.0. The van der Waals surface area contributed by atoms with E-state index in [1.165, 1.54) is 5.69 Å². The fourth-order valence-corrected chi connectivity index (χ4v) is 3.23. The molecule has 114 valence electrons. The molecule has 0 atom stereocenters. The molecule has 0 unspecified atom stereocenters. The Bertz CT molecular complexity index is 760. The van der Waals surface area contributed by atoms with Crippen LogP contribution >= 0.6 is 11.8 Å². The maximum absolute atomic E-state index is 4.48. The lowest BCUT2D eigenvalue weighted by molar-refractivity contribution is 0.639. The zero-order valence-corrected chi connectivity index (χ0v) is 13.8. The van der Waals surface area contributed by atoms with Crippen LogP contribution < -0.4 is 0 Å². The summed E-state index contributed by atoms with van der Waals surface area (Å²) in [7, 11) is 2.01. The highest BCUT2D eigenvalue weighted by molar-refractivity contribution is 7.99. The van der Waals surface area contributed by atoms with Gasteiger partial charge in [-0.25, -0.2) is 0 Å². The van der Waals surface area contributed by atoms with Gasteiger partial charge in [0.15, 0.2) is 11.0 Å². The Morgan fingerprint density at radius 1 is 1.09 bits per heavy atom. The van der Waals surface area contributed by atoms with E-state index in [1.807, 2.05) is 53.6 Å². The predicted octanol–water partition coefficient (Wildman–Crippen LogP) is 3.09. The Morgan fingerprint density at radius 3 is 2.55 bits per heavy atom. The average Bonchev–Trinajstić information content (AvgIpc) is 3.03. The zero-order valence-electron chi connectivity index (χ0n) is 13.0. The maximum atomic E-state index is 4.48. The van der Waals surface area contributed by atoms with E-state index in [0.717, 1.165) is 34.5 Å². The number of aryl methyl sites for hydroxylation is 3. The van der Waals surface area contributed by atoms with Gasteiger partial charge in [-0.3, -0.25) is 4.68 Å². The van der Waals surface area contributed by atoms with Crippen LogP contribution in [0.5, 0.6) is 0 Å². The summed E-state index contributed by atoms with van der Waals surface area (Å²) in [5.41, 5.74) is 3.34. The van der Waals surface area contributed by atoms with Gasteiger partial charge in [0.25, 0.3) is 0 Å². The third-order valence-electron chi connectivity index (χ3n) is 3.50. The van der Waals surface area contributed by atoms with Crippen LogP contribution in [0.2, 0.25) is 0 Å². The first kappa shape index (κ1) is 14.8. The summed E-state index contributed by atoms with van der Waals surface area (Å²) in [5, 5.41) is 14.0. The van der Waals surface area contributed by atoms with Crippen molar-refractivity contribution < 1.29 is 0 Å². The van der Waals surface area contributed by atoms with Gasteiger partial charge < -0.3 is 4.57 Å². The van der Waals surface area contributed by atoms with Gasteiger partial charge in [-0.2, -0.15) is 5.10 Å². The summed E-state index contributed by atoms with van der Waals surface area (Å²) in [6.45, 7) is 4.98. The largest absolute Gasteiger partial charge is 0.305 e. The van der Waals surface area contributed by atoms with Crippen molar-refractivity contribution in [2.45, 2.75) is 25.5 Å². The van der Waals surface area contributed by atoms with Crippen LogP contribution in [-0.4, -0.2) is 30.3 Å². The van der Waals surface area contributed by atoms with E-state index in [-0.39, 0.29) is 0 Å². The smallest absolute Gasteiger partial charge is 0.191 e. The Kier molecular flexibility index (Phi) is 4.29. The standard InChI is InChI=1S/C16H19N5S/c1-12-11-13(2)21(19-12)9-10-22-16-18-17-15(20(16)3)14-7-5-4-6-8-14/h4-8,11H,9-10H2,1-3H3. The van der Waals surface area contributed by atoms with Crippen LogP contribution in [0.1, 0.15) is 11.4 Å². The van der Waals surface area contributed by atoms with Gasteiger partial charge in [0.2, 0.25) is 0 Å². The summed E-state index contributed by atoms with van der Waals surface area (Å²) in [4.78, 5) is 0. The van der Waals surface area contributed by atoms with Crippen molar-refractivity contribution in [3.8, 4) is 11.4 Å². The van der Waals surface area contributed by atoms with E-state index in [0.29, 0.717) is 0 Å². The SMILES string of the molecule is Cc1cc(C)n(CCSc2nnc(-c3ccccc3)n2C)n1. The maximum Gasteiger partial charge on any atom is 0.191 e. The van der Waals surface area contributed by atoms with Crippen LogP contribution in [0.15, 0.2) is 41.6 Å². The molecule has 3 rings (SSSR count). The molecular formula is C16H19N5S. The highest BCUT2D eigenvalue weighted by Crippen LogP contribution is 2.22. The van der Waals surface area contributed by atoms with Gasteiger partial charge >= 0.3 is 0 Å². The first-order valence-electron chi connectivity index (χ1n) is 7.24. The summed E-state index contributed by atoms with van der Waals surface area (Å²) in [5.74, 6) is 1.82. The Morgan fingerprint density at radius 2 is 1.86 bits per heavy atom. The highest BCUT2D eigenvalue weighted by Gasteiger charge is 2.11. The van der Waals surface area contributed by atoms with Crippen LogP contribution in [0.3, 0.4) is 0 Å². The van der Waals surface area contributed by atoms with E-state index in [1.54, 1.807) is 11.8 Å². The van der Waals surface area contributed by atoms with Crippen LogP contribution in [0, 0.1) is 13.8 Å². The van der Waals surface area contributed by atoms with Gasteiger partial charge in [-0.05, 0) is 19.9 Å². The molecule has 22 heavy (non-hydrogen) atoms. The number of hydrogen-bond acceptors (Lipinski definition) is 4. The molecule has 0 aliphatic heterocycles. The number of thioether (sulfide) groups is 1. The molecule has 0 bridgehead atoms. The molecule has 2 heterocycles. The monoisotopic (exact) mass is 313 g/mol. The van der Waals surface area contributed by atoms with Crippen LogP contribution in [0.4, 0.5) is 0 Å². The van der Waals surface area contributed by atoms with Gasteiger partial charge in [-0.1, -0.05) is 42.1 Å². The second kappa shape index (κ2) is 6.36. The molecule has 6 heteroatoms.